The third-order valence-electron chi connectivity index (χ3n) is 7.32. The topological polar surface area (TPSA) is 64.4 Å². The molecule has 1 aromatic heterocycles. The van der Waals surface area contributed by atoms with E-state index in [2.05, 4.69) is 12.0 Å². The first-order chi connectivity index (χ1) is 17.5. The molecular weight excluding hydrogens is 457 g/mol. The number of likely N-dealkylation sites (tertiary alicyclic amines) is 1. The highest BCUT2D eigenvalue weighted by Crippen LogP contribution is 2.43. The summed E-state index contributed by atoms with van der Waals surface area (Å²) in [4.78, 5) is 27.6. The quantitative estimate of drug-likeness (QED) is 0.374. The van der Waals surface area contributed by atoms with Gasteiger partial charge in [-0.3, -0.25) is 4.79 Å². The molecule has 1 unspecified atom stereocenters. The van der Waals surface area contributed by atoms with Crippen LogP contribution in [-0.4, -0.2) is 46.3 Å². The molecule has 1 saturated carbocycles. The lowest BCUT2D eigenvalue weighted by Gasteiger charge is -2.36. The van der Waals surface area contributed by atoms with Gasteiger partial charge in [0.05, 0.1) is 30.3 Å². The normalized spacial score (nSPS) is 17.8. The third-order valence-corrected chi connectivity index (χ3v) is 7.32. The molecule has 1 aliphatic carbocycles. The maximum absolute atomic E-state index is 15.9. The second kappa shape index (κ2) is 10.2. The third kappa shape index (κ3) is 4.54. The van der Waals surface area contributed by atoms with Crippen molar-refractivity contribution in [2.45, 2.75) is 63.8 Å². The van der Waals surface area contributed by atoms with Gasteiger partial charge in [-0.05, 0) is 62.3 Å². The summed E-state index contributed by atoms with van der Waals surface area (Å²) < 4.78 is 22.5. The van der Waals surface area contributed by atoms with Crippen LogP contribution in [0.4, 0.5) is 4.39 Å². The second-order valence-corrected chi connectivity index (χ2v) is 9.78. The van der Waals surface area contributed by atoms with Crippen molar-refractivity contribution in [1.82, 2.24) is 14.7 Å². The fraction of sp³-hybridized carbons (Fsp3) is 0.414. The minimum atomic E-state index is -0.501. The number of amides is 1. The molecule has 5 rings (SSSR count). The Kier molecular flexibility index (Phi) is 6.90. The minimum absolute atomic E-state index is 0.117. The van der Waals surface area contributed by atoms with Crippen LogP contribution in [0, 0.1) is 5.82 Å². The molecule has 1 amide bonds. The van der Waals surface area contributed by atoms with Crippen LogP contribution in [-0.2, 0) is 4.74 Å². The molecule has 2 heterocycles. The van der Waals surface area contributed by atoms with E-state index < -0.39 is 11.8 Å². The van der Waals surface area contributed by atoms with Crippen LogP contribution in [0.5, 0.6) is 0 Å². The first kappa shape index (κ1) is 24.2. The van der Waals surface area contributed by atoms with Crippen molar-refractivity contribution in [3.63, 3.8) is 0 Å². The van der Waals surface area contributed by atoms with Crippen LogP contribution in [0.25, 0.3) is 16.8 Å². The molecule has 0 spiro atoms. The molecule has 6 nitrogen and oxygen atoms in total. The molecule has 7 heteroatoms. The van der Waals surface area contributed by atoms with Gasteiger partial charge < -0.3 is 9.64 Å². The van der Waals surface area contributed by atoms with E-state index in [4.69, 9.17) is 4.74 Å². The van der Waals surface area contributed by atoms with Crippen LogP contribution < -0.4 is 0 Å². The summed E-state index contributed by atoms with van der Waals surface area (Å²) in [5.41, 5.74) is 3.18. The van der Waals surface area contributed by atoms with Crippen LogP contribution in [0.1, 0.15) is 84.2 Å². The molecule has 0 bridgehead atoms. The summed E-state index contributed by atoms with van der Waals surface area (Å²) >= 11 is 0. The molecule has 2 aliphatic rings. The lowest BCUT2D eigenvalue weighted by molar-refractivity contribution is 0.0589. The number of hydrogen-bond donors (Lipinski definition) is 0. The maximum atomic E-state index is 15.9. The number of piperidine rings is 1. The number of benzene rings is 2. The van der Waals surface area contributed by atoms with Crippen molar-refractivity contribution in [1.29, 1.82) is 0 Å². The molecule has 188 valence electrons. The Morgan fingerprint density at radius 2 is 1.89 bits per heavy atom. The second-order valence-electron chi connectivity index (χ2n) is 9.78. The number of hydrogen-bond acceptors (Lipinski definition) is 4. The summed E-state index contributed by atoms with van der Waals surface area (Å²) in [5, 5.41) is 4.47. The van der Waals surface area contributed by atoms with Gasteiger partial charge in [0, 0.05) is 24.1 Å². The zero-order chi connectivity index (χ0) is 25.2. The van der Waals surface area contributed by atoms with E-state index in [0.29, 0.717) is 23.2 Å². The van der Waals surface area contributed by atoms with Gasteiger partial charge in [-0.2, -0.15) is 5.10 Å². The highest BCUT2D eigenvalue weighted by atomic mass is 19.1. The first-order valence-electron chi connectivity index (χ1n) is 12.9. The van der Waals surface area contributed by atoms with E-state index in [-0.39, 0.29) is 23.4 Å². The summed E-state index contributed by atoms with van der Waals surface area (Å²) in [6.45, 7) is 2.79. The van der Waals surface area contributed by atoms with Crippen molar-refractivity contribution in [3.8, 4) is 16.8 Å². The SMILES string of the molecule is CCCC1CCCCN1C(=O)c1cccc(-c2cccc(-n3ncc(C(=O)OC)c3C3CC3)c2)c1F. The average molecular weight is 490 g/mol. The van der Waals surface area contributed by atoms with Crippen LogP contribution in [0.2, 0.25) is 0 Å². The zero-order valence-corrected chi connectivity index (χ0v) is 20.9. The van der Waals surface area contributed by atoms with E-state index in [1.165, 1.54) is 13.3 Å². The number of halogens is 1. The van der Waals surface area contributed by atoms with E-state index in [1.807, 2.05) is 29.2 Å². The summed E-state index contributed by atoms with van der Waals surface area (Å²) in [6.07, 6.45) is 8.50. The van der Waals surface area contributed by atoms with Crippen LogP contribution >= 0.6 is 0 Å². The van der Waals surface area contributed by atoms with E-state index in [0.717, 1.165) is 56.3 Å². The van der Waals surface area contributed by atoms with Gasteiger partial charge >= 0.3 is 5.97 Å². The predicted octanol–water partition coefficient (Wildman–Crippen LogP) is 6.14. The minimum Gasteiger partial charge on any atom is -0.465 e. The zero-order valence-electron chi connectivity index (χ0n) is 20.9. The number of carbonyl (C=O) groups is 2. The monoisotopic (exact) mass is 489 g/mol. The molecule has 0 radical (unpaired) electrons. The van der Waals surface area contributed by atoms with Crippen molar-refractivity contribution in [2.75, 3.05) is 13.7 Å². The lowest BCUT2D eigenvalue weighted by Crippen LogP contribution is -2.44. The van der Waals surface area contributed by atoms with Gasteiger partial charge in [-0.15, -0.1) is 0 Å². The average Bonchev–Trinajstić information content (AvgIpc) is 3.66. The summed E-state index contributed by atoms with van der Waals surface area (Å²) in [7, 11) is 1.36. The Morgan fingerprint density at radius 1 is 1.08 bits per heavy atom. The number of nitrogens with zero attached hydrogens (tertiary/aromatic N) is 3. The van der Waals surface area contributed by atoms with E-state index >= 15 is 4.39 Å². The molecule has 1 aliphatic heterocycles. The highest BCUT2D eigenvalue weighted by molar-refractivity contribution is 5.96. The van der Waals surface area contributed by atoms with Gasteiger partial charge in [0.1, 0.15) is 11.4 Å². The number of esters is 1. The largest absolute Gasteiger partial charge is 0.465 e. The van der Waals surface area contributed by atoms with Gasteiger partial charge in [-0.25, -0.2) is 13.9 Å². The fourth-order valence-electron chi connectivity index (χ4n) is 5.36. The Bertz CT molecular complexity index is 1280. The van der Waals surface area contributed by atoms with Gasteiger partial charge in [0.2, 0.25) is 0 Å². The number of rotatable bonds is 7. The Hall–Kier alpha value is -3.48. The van der Waals surface area contributed by atoms with E-state index in [9.17, 15) is 9.59 Å². The van der Waals surface area contributed by atoms with Crippen molar-refractivity contribution in [3.05, 3.63) is 71.3 Å². The van der Waals surface area contributed by atoms with E-state index in [1.54, 1.807) is 22.9 Å². The number of ether oxygens (including phenoxy) is 1. The smallest absolute Gasteiger partial charge is 0.341 e. The molecule has 2 aromatic carbocycles. The summed E-state index contributed by atoms with van der Waals surface area (Å²) in [5.74, 6) is -0.882. The van der Waals surface area contributed by atoms with Gasteiger partial charge in [0.15, 0.2) is 0 Å². The Morgan fingerprint density at radius 3 is 2.64 bits per heavy atom. The Balaban J connectivity index is 1.50. The van der Waals surface area contributed by atoms with Crippen molar-refractivity contribution in [2.24, 2.45) is 0 Å². The molecule has 0 N–H and O–H groups in total. The number of aromatic nitrogens is 2. The molecule has 1 saturated heterocycles. The molecule has 1 atom stereocenters. The highest BCUT2D eigenvalue weighted by Gasteiger charge is 2.33. The van der Waals surface area contributed by atoms with Crippen molar-refractivity contribution >= 4 is 11.9 Å². The summed E-state index contributed by atoms with van der Waals surface area (Å²) in [6, 6.07) is 12.6. The van der Waals surface area contributed by atoms with Crippen molar-refractivity contribution < 1.29 is 18.7 Å². The molecular formula is C29H32FN3O3. The van der Waals surface area contributed by atoms with Gasteiger partial charge in [-0.1, -0.05) is 37.6 Å². The standard InChI is InChI=1S/C29H32FN3O3/c1-3-8-21-10-4-5-16-32(21)28(34)24-13-7-12-23(26(24)30)20-9-6-11-22(17-20)33-27(19-14-15-19)25(18-31-33)29(35)36-2/h6-7,9,11-13,17-19,21H,3-5,8,10,14-16H2,1-2H3. The lowest BCUT2D eigenvalue weighted by atomic mass is 9.96. The van der Waals surface area contributed by atoms with Crippen LogP contribution in [0.3, 0.4) is 0 Å². The van der Waals surface area contributed by atoms with Crippen LogP contribution in [0.15, 0.2) is 48.7 Å². The molecule has 3 aromatic rings. The maximum Gasteiger partial charge on any atom is 0.341 e. The number of methoxy groups -OCH3 is 1. The predicted molar refractivity (Wildman–Crippen MR) is 136 cm³/mol. The fourth-order valence-corrected chi connectivity index (χ4v) is 5.36. The molecule has 36 heavy (non-hydrogen) atoms. The molecule has 2 fully saturated rings. The number of carbonyl (C=O) groups excluding carboxylic acids is 2. The Labute approximate surface area is 211 Å². The van der Waals surface area contributed by atoms with Gasteiger partial charge in [0.25, 0.3) is 5.91 Å². The first-order valence-corrected chi connectivity index (χ1v) is 12.9.